The first-order valence-electron chi connectivity index (χ1n) is 5.88. The second-order valence-corrected chi connectivity index (χ2v) is 2.67. The van der Waals surface area contributed by atoms with Crippen LogP contribution in [0.25, 0.3) is 6.08 Å². The van der Waals surface area contributed by atoms with Crippen LogP contribution in [0.4, 0.5) is 5.69 Å². The van der Waals surface area contributed by atoms with Gasteiger partial charge in [0.1, 0.15) is 0 Å². The van der Waals surface area contributed by atoms with Gasteiger partial charge in [-0.15, -0.1) is 0 Å². The van der Waals surface area contributed by atoms with E-state index in [-0.39, 0.29) is 0 Å². The fraction of sp³-hybridized carbons (Fsp3) is 0.429. The molecule has 2 nitrogen and oxygen atoms in total. The van der Waals surface area contributed by atoms with Crippen molar-refractivity contribution in [3.63, 3.8) is 0 Å². The zero-order valence-corrected chi connectivity index (χ0v) is 11.3. The molecule has 1 aromatic carbocycles. The molecule has 0 saturated carbocycles. The summed E-state index contributed by atoms with van der Waals surface area (Å²) in [5.74, 6) is 0. The van der Waals surface area contributed by atoms with Gasteiger partial charge >= 0.3 is 0 Å². The van der Waals surface area contributed by atoms with Gasteiger partial charge in [-0.25, -0.2) is 5.53 Å². The lowest BCUT2D eigenvalue weighted by molar-refractivity contribution is 1.14. The molecule has 1 rings (SSSR count). The molecule has 0 atom stereocenters. The van der Waals surface area contributed by atoms with Crippen molar-refractivity contribution >= 4 is 11.8 Å². The van der Waals surface area contributed by atoms with Gasteiger partial charge in [-0.3, -0.25) is 0 Å². The smallest absolute Gasteiger partial charge is 0.0924 e. The summed E-state index contributed by atoms with van der Waals surface area (Å²) in [5, 5.41) is 3.45. The second kappa shape index (κ2) is 11.6. The van der Waals surface area contributed by atoms with E-state index in [1.165, 1.54) is 0 Å². The molecule has 0 fully saturated rings. The SMILES string of the molecule is C/C=C\c1ccc(C)cc1N=N.CC.CC. The summed E-state index contributed by atoms with van der Waals surface area (Å²) in [4.78, 5) is 0. The Bertz CT molecular complexity index is 315. The molecule has 1 aromatic rings. The summed E-state index contributed by atoms with van der Waals surface area (Å²) in [6, 6.07) is 5.90. The molecule has 0 amide bonds. The number of nitrogens with one attached hydrogen (secondary N) is 1. The monoisotopic (exact) mass is 220 g/mol. The lowest BCUT2D eigenvalue weighted by Gasteiger charge is -1.99. The summed E-state index contributed by atoms with van der Waals surface area (Å²) < 4.78 is 0. The van der Waals surface area contributed by atoms with Crippen LogP contribution < -0.4 is 0 Å². The lowest BCUT2D eigenvalue weighted by atomic mass is 10.1. The van der Waals surface area contributed by atoms with E-state index < -0.39 is 0 Å². The number of allylic oxidation sites excluding steroid dienone is 1. The van der Waals surface area contributed by atoms with Crippen LogP contribution in [-0.2, 0) is 0 Å². The number of aryl methyl sites for hydroxylation is 1. The average Bonchev–Trinajstić information content (AvgIpc) is 2.36. The normalized spacial score (nSPS) is 8.62. The van der Waals surface area contributed by atoms with E-state index in [9.17, 15) is 0 Å². The molecule has 2 heteroatoms. The lowest BCUT2D eigenvalue weighted by Crippen LogP contribution is -1.76. The Balaban J connectivity index is 0. The number of hydrogen-bond donors (Lipinski definition) is 1. The van der Waals surface area contributed by atoms with Gasteiger partial charge in [0, 0.05) is 5.56 Å². The van der Waals surface area contributed by atoms with Crippen LogP contribution in [0, 0.1) is 12.5 Å². The third-order valence-corrected chi connectivity index (χ3v) is 1.65. The van der Waals surface area contributed by atoms with Crippen LogP contribution in [0.2, 0.25) is 0 Å². The van der Waals surface area contributed by atoms with Crippen molar-refractivity contribution in [2.75, 3.05) is 0 Å². The summed E-state index contributed by atoms with van der Waals surface area (Å²) in [6.07, 6.45) is 3.90. The maximum absolute atomic E-state index is 6.95. The van der Waals surface area contributed by atoms with E-state index in [1.807, 2.05) is 71.9 Å². The molecule has 16 heavy (non-hydrogen) atoms. The zero-order valence-electron chi connectivity index (χ0n) is 11.3. The molecule has 0 heterocycles. The van der Waals surface area contributed by atoms with Crippen molar-refractivity contribution in [2.24, 2.45) is 5.11 Å². The molecule has 0 spiro atoms. The van der Waals surface area contributed by atoms with Crippen molar-refractivity contribution in [3.05, 3.63) is 35.4 Å². The van der Waals surface area contributed by atoms with Gasteiger partial charge in [0.2, 0.25) is 0 Å². The van der Waals surface area contributed by atoms with E-state index in [2.05, 4.69) is 5.11 Å². The fourth-order valence-electron chi connectivity index (χ4n) is 1.07. The van der Waals surface area contributed by atoms with Crippen molar-refractivity contribution in [3.8, 4) is 0 Å². The Hall–Kier alpha value is -1.44. The molecular weight excluding hydrogens is 196 g/mol. The van der Waals surface area contributed by atoms with Gasteiger partial charge in [0.25, 0.3) is 0 Å². The van der Waals surface area contributed by atoms with Crippen LogP contribution in [0.3, 0.4) is 0 Å². The predicted molar refractivity (Wildman–Crippen MR) is 73.4 cm³/mol. The minimum absolute atomic E-state index is 0.730. The highest BCUT2D eigenvalue weighted by Gasteiger charge is 1.96. The van der Waals surface area contributed by atoms with Gasteiger partial charge < -0.3 is 0 Å². The number of hydrogen-bond acceptors (Lipinski definition) is 2. The first-order chi connectivity index (χ1) is 7.77. The molecule has 0 aliphatic carbocycles. The topological polar surface area (TPSA) is 36.2 Å². The molecular formula is C14H24N2. The molecule has 0 aromatic heterocycles. The maximum Gasteiger partial charge on any atom is 0.0924 e. The van der Waals surface area contributed by atoms with Gasteiger partial charge in [-0.05, 0) is 25.5 Å². The minimum atomic E-state index is 0.730. The Morgan fingerprint density at radius 1 is 1.12 bits per heavy atom. The first kappa shape index (κ1) is 17.0. The fourth-order valence-corrected chi connectivity index (χ4v) is 1.07. The van der Waals surface area contributed by atoms with Gasteiger partial charge in [0.15, 0.2) is 0 Å². The van der Waals surface area contributed by atoms with E-state index >= 15 is 0 Å². The molecule has 90 valence electrons. The van der Waals surface area contributed by atoms with E-state index in [0.29, 0.717) is 0 Å². The molecule has 0 unspecified atom stereocenters. The van der Waals surface area contributed by atoms with E-state index in [1.54, 1.807) is 0 Å². The molecule has 0 aliphatic rings. The Morgan fingerprint density at radius 2 is 1.69 bits per heavy atom. The van der Waals surface area contributed by atoms with Crippen LogP contribution in [0.5, 0.6) is 0 Å². The molecule has 0 saturated heterocycles. The van der Waals surface area contributed by atoms with E-state index in [4.69, 9.17) is 5.53 Å². The summed E-state index contributed by atoms with van der Waals surface area (Å²) in [5.41, 5.74) is 9.81. The van der Waals surface area contributed by atoms with E-state index in [0.717, 1.165) is 16.8 Å². The first-order valence-corrected chi connectivity index (χ1v) is 5.88. The minimum Gasteiger partial charge on any atom is -0.204 e. The molecule has 0 radical (unpaired) electrons. The highest BCUT2D eigenvalue weighted by atomic mass is 15.0. The van der Waals surface area contributed by atoms with Gasteiger partial charge in [-0.2, -0.15) is 5.11 Å². The molecule has 0 aliphatic heterocycles. The third-order valence-electron chi connectivity index (χ3n) is 1.65. The van der Waals surface area contributed by atoms with Crippen LogP contribution in [0.1, 0.15) is 45.7 Å². The summed E-state index contributed by atoms with van der Waals surface area (Å²) in [6.45, 7) is 11.9. The highest BCUT2D eigenvalue weighted by molar-refractivity contribution is 5.64. The van der Waals surface area contributed by atoms with Crippen LogP contribution >= 0.6 is 0 Å². The third kappa shape index (κ3) is 6.12. The molecule has 1 N–H and O–H groups in total. The standard InChI is InChI=1S/C10H12N2.2C2H6/c1-3-4-9-6-5-8(2)7-10(9)12-11;2*1-2/h3-7,11H,1-2H3;2*1-2H3/b4-3-,12-11?;;. The van der Waals surface area contributed by atoms with Gasteiger partial charge in [-0.1, -0.05) is 52.0 Å². The Kier molecular flexibility index (Phi) is 12.3. The average molecular weight is 220 g/mol. The van der Waals surface area contributed by atoms with Crippen molar-refractivity contribution in [1.29, 1.82) is 5.53 Å². The van der Waals surface area contributed by atoms with Crippen LogP contribution in [-0.4, -0.2) is 0 Å². The summed E-state index contributed by atoms with van der Waals surface area (Å²) >= 11 is 0. The summed E-state index contributed by atoms with van der Waals surface area (Å²) in [7, 11) is 0. The highest BCUT2D eigenvalue weighted by Crippen LogP contribution is 2.21. The Labute approximate surface area is 99.9 Å². The van der Waals surface area contributed by atoms with Crippen molar-refractivity contribution < 1.29 is 0 Å². The number of rotatable bonds is 2. The van der Waals surface area contributed by atoms with Crippen LogP contribution in [0.15, 0.2) is 29.4 Å². The Morgan fingerprint density at radius 3 is 2.12 bits per heavy atom. The molecule has 0 bridgehead atoms. The van der Waals surface area contributed by atoms with Crippen molar-refractivity contribution in [2.45, 2.75) is 41.5 Å². The zero-order chi connectivity index (χ0) is 13.0. The second-order valence-electron chi connectivity index (χ2n) is 2.67. The van der Waals surface area contributed by atoms with Gasteiger partial charge in [0.05, 0.1) is 5.69 Å². The number of benzene rings is 1. The van der Waals surface area contributed by atoms with Crippen molar-refractivity contribution in [1.82, 2.24) is 0 Å². The quantitative estimate of drug-likeness (QED) is 0.617. The predicted octanol–water partition coefficient (Wildman–Crippen LogP) is 5.74. The largest absolute Gasteiger partial charge is 0.204 e. The maximum atomic E-state index is 6.95. The number of nitrogens with zero attached hydrogens (tertiary/aromatic N) is 1.